The van der Waals surface area contributed by atoms with Crippen molar-refractivity contribution in [1.82, 2.24) is 30.1 Å². The zero-order chi connectivity index (χ0) is 18.8. The maximum atomic E-state index is 4.62. The average molecular weight is 367 g/mol. The number of nitrogens with one attached hydrogen (secondary N) is 2. The molecule has 0 atom stereocenters. The van der Waals surface area contributed by atoms with Crippen molar-refractivity contribution in [3.8, 4) is 0 Å². The molecule has 2 N–H and O–H groups in total. The molecule has 0 spiro atoms. The van der Waals surface area contributed by atoms with E-state index in [-0.39, 0.29) is 0 Å². The SMILES string of the molecule is c1ccc(CNc2ncc3cc(Cc4ncnc5[nH]ncc45)ccc3n2)cc1. The fourth-order valence-electron chi connectivity index (χ4n) is 3.20. The highest BCUT2D eigenvalue weighted by Gasteiger charge is 2.08. The van der Waals surface area contributed by atoms with Gasteiger partial charge in [-0.25, -0.2) is 19.9 Å². The first-order valence-corrected chi connectivity index (χ1v) is 9.01. The minimum absolute atomic E-state index is 0.625. The summed E-state index contributed by atoms with van der Waals surface area (Å²) in [5.41, 5.74) is 4.94. The first-order valence-electron chi connectivity index (χ1n) is 9.01. The Morgan fingerprint density at radius 3 is 2.75 bits per heavy atom. The molecule has 136 valence electrons. The molecule has 0 radical (unpaired) electrons. The van der Waals surface area contributed by atoms with Crippen molar-refractivity contribution >= 4 is 27.9 Å². The Bertz CT molecular complexity index is 1250. The highest BCUT2D eigenvalue weighted by molar-refractivity contribution is 5.80. The molecular weight excluding hydrogens is 350 g/mol. The Labute approximate surface area is 160 Å². The molecule has 28 heavy (non-hydrogen) atoms. The topological polar surface area (TPSA) is 92.3 Å². The highest BCUT2D eigenvalue weighted by Crippen LogP contribution is 2.20. The van der Waals surface area contributed by atoms with Crippen LogP contribution in [0.25, 0.3) is 21.9 Å². The van der Waals surface area contributed by atoms with Crippen LogP contribution in [0, 0.1) is 0 Å². The smallest absolute Gasteiger partial charge is 0.223 e. The van der Waals surface area contributed by atoms with Gasteiger partial charge >= 0.3 is 0 Å². The predicted octanol–water partition coefficient (Wildman–Crippen LogP) is 3.50. The van der Waals surface area contributed by atoms with Gasteiger partial charge < -0.3 is 5.32 Å². The number of aromatic amines is 1. The van der Waals surface area contributed by atoms with Crippen molar-refractivity contribution in [1.29, 1.82) is 0 Å². The molecule has 0 saturated carbocycles. The second-order valence-corrected chi connectivity index (χ2v) is 6.56. The summed E-state index contributed by atoms with van der Waals surface area (Å²) in [7, 11) is 0. The summed E-state index contributed by atoms with van der Waals surface area (Å²) in [4.78, 5) is 17.7. The summed E-state index contributed by atoms with van der Waals surface area (Å²) in [6, 6.07) is 16.4. The van der Waals surface area contributed by atoms with E-state index in [9.17, 15) is 0 Å². The van der Waals surface area contributed by atoms with Crippen LogP contribution in [-0.2, 0) is 13.0 Å². The van der Waals surface area contributed by atoms with E-state index in [0.717, 1.165) is 33.2 Å². The molecule has 3 aromatic heterocycles. The molecule has 0 fully saturated rings. The molecule has 0 saturated heterocycles. The number of fused-ring (bicyclic) bond motifs is 2. The number of hydrogen-bond acceptors (Lipinski definition) is 6. The van der Waals surface area contributed by atoms with Crippen molar-refractivity contribution in [3.05, 3.63) is 84.1 Å². The summed E-state index contributed by atoms with van der Waals surface area (Å²) in [6.45, 7) is 0.693. The first kappa shape index (κ1) is 16.3. The zero-order valence-corrected chi connectivity index (χ0v) is 15.0. The van der Waals surface area contributed by atoms with Gasteiger partial charge in [-0.1, -0.05) is 36.4 Å². The quantitative estimate of drug-likeness (QED) is 0.494. The van der Waals surface area contributed by atoms with E-state index in [1.807, 2.05) is 30.5 Å². The van der Waals surface area contributed by atoms with Gasteiger partial charge in [0.05, 0.1) is 22.8 Å². The van der Waals surface area contributed by atoms with Gasteiger partial charge in [0.15, 0.2) is 5.65 Å². The third-order valence-electron chi connectivity index (χ3n) is 4.64. The largest absolute Gasteiger partial charge is 0.350 e. The molecule has 0 aliphatic carbocycles. The van der Waals surface area contributed by atoms with Gasteiger partial charge in [-0.05, 0) is 23.3 Å². The zero-order valence-electron chi connectivity index (χ0n) is 15.0. The molecule has 0 bridgehead atoms. The van der Waals surface area contributed by atoms with Crippen LogP contribution in [0.4, 0.5) is 5.95 Å². The number of rotatable bonds is 5. The maximum absolute atomic E-state index is 4.62. The molecule has 0 aliphatic heterocycles. The number of anilines is 1. The Hall–Kier alpha value is -3.87. The second kappa shape index (κ2) is 7.03. The first-order chi connectivity index (χ1) is 13.8. The molecule has 7 heteroatoms. The van der Waals surface area contributed by atoms with E-state index in [4.69, 9.17) is 0 Å². The molecule has 0 aliphatic rings. The number of aromatic nitrogens is 6. The monoisotopic (exact) mass is 367 g/mol. The van der Waals surface area contributed by atoms with Gasteiger partial charge in [0.1, 0.15) is 6.33 Å². The van der Waals surface area contributed by atoms with Gasteiger partial charge in [-0.3, -0.25) is 5.10 Å². The lowest BCUT2D eigenvalue weighted by atomic mass is 10.1. The van der Waals surface area contributed by atoms with Gasteiger partial charge in [-0.2, -0.15) is 5.10 Å². The van der Waals surface area contributed by atoms with Gasteiger partial charge in [-0.15, -0.1) is 0 Å². The summed E-state index contributed by atoms with van der Waals surface area (Å²) in [5, 5.41) is 12.1. The normalized spacial score (nSPS) is 11.1. The third kappa shape index (κ3) is 3.25. The van der Waals surface area contributed by atoms with Gasteiger partial charge in [0, 0.05) is 24.5 Å². The fourth-order valence-corrected chi connectivity index (χ4v) is 3.20. The van der Waals surface area contributed by atoms with Gasteiger partial charge in [0.2, 0.25) is 5.95 Å². The van der Waals surface area contributed by atoms with Crippen LogP contribution in [0.3, 0.4) is 0 Å². The lowest BCUT2D eigenvalue weighted by Gasteiger charge is -2.07. The standard InChI is InChI=1S/C21H17N7/c1-2-4-14(5-3-1)10-22-21-23-11-16-8-15(6-7-18(16)27-21)9-19-17-12-26-28-20(17)25-13-24-19/h1-8,11-13H,9-10H2,(H,22,23,27)(H,24,25,26,28). The predicted molar refractivity (Wildman–Crippen MR) is 108 cm³/mol. The van der Waals surface area contributed by atoms with Crippen LogP contribution in [-0.4, -0.2) is 30.1 Å². The molecule has 3 heterocycles. The van der Waals surface area contributed by atoms with Crippen molar-refractivity contribution in [2.75, 3.05) is 5.32 Å². The van der Waals surface area contributed by atoms with E-state index in [0.29, 0.717) is 18.9 Å². The minimum Gasteiger partial charge on any atom is -0.350 e. The van der Waals surface area contributed by atoms with Crippen molar-refractivity contribution < 1.29 is 0 Å². The van der Waals surface area contributed by atoms with Crippen LogP contribution < -0.4 is 5.32 Å². The molecular formula is C21H17N7. The van der Waals surface area contributed by atoms with Crippen molar-refractivity contribution in [2.45, 2.75) is 13.0 Å². The molecule has 5 aromatic rings. The number of nitrogens with zero attached hydrogens (tertiary/aromatic N) is 5. The second-order valence-electron chi connectivity index (χ2n) is 6.56. The summed E-state index contributed by atoms with van der Waals surface area (Å²) < 4.78 is 0. The number of benzene rings is 2. The van der Waals surface area contributed by atoms with E-state index >= 15 is 0 Å². The summed E-state index contributed by atoms with van der Waals surface area (Å²) >= 11 is 0. The Morgan fingerprint density at radius 2 is 1.82 bits per heavy atom. The minimum atomic E-state index is 0.625. The summed E-state index contributed by atoms with van der Waals surface area (Å²) in [5.74, 6) is 0.625. The van der Waals surface area contributed by atoms with E-state index in [2.05, 4.69) is 59.7 Å². The van der Waals surface area contributed by atoms with Crippen molar-refractivity contribution in [2.24, 2.45) is 0 Å². The maximum Gasteiger partial charge on any atom is 0.223 e. The summed E-state index contributed by atoms with van der Waals surface area (Å²) in [6.07, 6.45) is 5.87. The van der Waals surface area contributed by atoms with Crippen LogP contribution in [0.5, 0.6) is 0 Å². The van der Waals surface area contributed by atoms with Crippen LogP contribution in [0.2, 0.25) is 0 Å². The molecule has 5 rings (SSSR count). The van der Waals surface area contributed by atoms with Crippen molar-refractivity contribution in [3.63, 3.8) is 0 Å². The molecule has 0 amide bonds. The van der Waals surface area contributed by atoms with Gasteiger partial charge in [0.25, 0.3) is 0 Å². The third-order valence-corrected chi connectivity index (χ3v) is 4.64. The van der Waals surface area contributed by atoms with E-state index < -0.39 is 0 Å². The van der Waals surface area contributed by atoms with E-state index in [1.54, 1.807) is 12.5 Å². The highest BCUT2D eigenvalue weighted by atomic mass is 15.1. The molecule has 7 nitrogen and oxygen atoms in total. The Balaban J connectivity index is 1.37. The lowest BCUT2D eigenvalue weighted by Crippen LogP contribution is -2.03. The average Bonchev–Trinajstić information content (AvgIpc) is 3.23. The molecule has 2 aromatic carbocycles. The number of H-pyrrole nitrogens is 1. The Kier molecular flexibility index (Phi) is 4.10. The molecule has 0 unspecified atom stereocenters. The van der Waals surface area contributed by atoms with E-state index in [1.165, 1.54) is 5.56 Å². The van der Waals surface area contributed by atoms with Crippen LogP contribution in [0.15, 0.2) is 67.3 Å². The number of hydrogen-bond donors (Lipinski definition) is 2. The Morgan fingerprint density at radius 1 is 0.893 bits per heavy atom. The lowest BCUT2D eigenvalue weighted by molar-refractivity contribution is 1.05. The van der Waals surface area contributed by atoms with Crippen LogP contribution >= 0.6 is 0 Å². The van der Waals surface area contributed by atoms with Crippen LogP contribution in [0.1, 0.15) is 16.8 Å². The fraction of sp³-hybridized carbons (Fsp3) is 0.0952.